The van der Waals surface area contributed by atoms with Crippen LogP contribution in [0, 0.1) is 0 Å². The molecule has 5 nitrogen and oxygen atoms in total. The Morgan fingerprint density at radius 1 is 1.43 bits per heavy atom. The van der Waals surface area contributed by atoms with Crippen LogP contribution in [0.5, 0.6) is 5.75 Å². The van der Waals surface area contributed by atoms with Gasteiger partial charge in [-0.25, -0.2) is 0 Å². The number of carbonyl (C=O) groups is 1. The Morgan fingerprint density at radius 2 is 2.14 bits per heavy atom. The van der Waals surface area contributed by atoms with E-state index in [9.17, 15) is 4.79 Å². The van der Waals surface area contributed by atoms with Gasteiger partial charge in [-0.2, -0.15) is 0 Å². The number of benzene rings is 1. The van der Waals surface area contributed by atoms with Crippen molar-refractivity contribution < 1.29 is 9.53 Å². The maximum Gasteiger partial charge on any atom is 0.251 e. The van der Waals surface area contributed by atoms with E-state index >= 15 is 0 Å². The Labute approximate surface area is 82.2 Å². The maximum atomic E-state index is 11.3. The molecule has 0 unspecified atom stereocenters. The minimum absolute atomic E-state index is 0.180. The highest BCUT2D eigenvalue weighted by Gasteiger charge is 2.06. The summed E-state index contributed by atoms with van der Waals surface area (Å²) in [6.45, 7) is 0. The summed E-state index contributed by atoms with van der Waals surface area (Å²) in [5.74, 6) is 5.65. The number of carbonyl (C=O) groups excluding carboxylic acids is 1. The lowest BCUT2D eigenvalue weighted by molar-refractivity contribution is 0.0963. The molecule has 0 radical (unpaired) electrons. The van der Waals surface area contributed by atoms with Gasteiger partial charge in [0, 0.05) is 18.7 Å². The number of anilines is 1. The first kappa shape index (κ1) is 10.3. The molecular weight excluding hydrogens is 182 g/mol. The quantitative estimate of drug-likeness (QED) is 0.480. The van der Waals surface area contributed by atoms with Crippen molar-refractivity contribution in [2.75, 3.05) is 19.6 Å². The van der Waals surface area contributed by atoms with Gasteiger partial charge in [0.25, 0.3) is 5.91 Å². The van der Waals surface area contributed by atoms with Gasteiger partial charge in [0.2, 0.25) is 0 Å². The molecule has 4 N–H and O–H groups in total. The average Bonchev–Trinajstić information content (AvgIpc) is 2.27. The van der Waals surface area contributed by atoms with Crippen LogP contribution in [0.4, 0.5) is 5.69 Å². The van der Waals surface area contributed by atoms with E-state index in [1.54, 1.807) is 25.2 Å². The van der Waals surface area contributed by atoms with E-state index in [0.717, 1.165) is 0 Å². The molecule has 0 atom stereocenters. The topological polar surface area (TPSA) is 76.4 Å². The van der Waals surface area contributed by atoms with Crippen molar-refractivity contribution in [1.29, 1.82) is 0 Å². The summed E-state index contributed by atoms with van der Waals surface area (Å²) in [5.41, 5.74) is 3.59. The highest BCUT2D eigenvalue weighted by Crippen LogP contribution is 2.19. The molecule has 0 aromatic heterocycles. The molecular formula is C9H13N3O2. The van der Waals surface area contributed by atoms with Gasteiger partial charge in [-0.05, 0) is 12.1 Å². The predicted octanol–water partition coefficient (Wildman–Crippen LogP) is 0.340. The van der Waals surface area contributed by atoms with E-state index in [4.69, 9.17) is 10.6 Å². The molecule has 0 saturated carbocycles. The summed E-state index contributed by atoms with van der Waals surface area (Å²) in [5, 5.41) is 2.52. The minimum Gasteiger partial charge on any atom is -0.497 e. The van der Waals surface area contributed by atoms with Crippen molar-refractivity contribution in [2.45, 2.75) is 0 Å². The molecule has 1 amide bonds. The van der Waals surface area contributed by atoms with E-state index in [0.29, 0.717) is 17.0 Å². The number of hydrogen-bond acceptors (Lipinski definition) is 4. The van der Waals surface area contributed by atoms with Gasteiger partial charge < -0.3 is 15.5 Å². The summed E-state index contributed by atoms with van der Waals surface area (Å²) < 4.78 is 5.02. The first-order valence-corrected chi connectivity index (χ1v) is 4.09. The Bertz CT molecular complexity index is 317. The number of nitrogens with two attached hydrogens (primary N) is 1. The molecule has 5 heteroatoms. The maximum absolute atomic E-state index is 11.3. The summed E-state index contributed by atoms with van der Waals surface area (Å²) in [7, 11) is 3.10. The van der Waals surface area contributed by atoms with Crippen molar-refractivity contribution in [1.82, 2.24) is 5.32 Å². The van der Waals surface area contributed by atoms with Crippen LogP contribution in [0.15, 0.2) is 18.2 Å². The zero-order valence-corrected chi connectivity index (χ0v) is 8.13. The number of nitrogen functional groups attached to an aromatic ring is 1. The van der Waals surface area contributed by atoms with Crippen LogP contribution < -0.4 is 21.3 Å². The average molecular weight is 195 g/mol. The highest BCUT2D eigenvalue weighted by atomic mass is 16.5. The fraction of sp³-hybridized carbons (Fsp3) is 0.222. The first-order chi connectivity index (χ1) is 6.71. The number of hydrazine groups is 1. The molecule has 0 aliphatic carbocycles. The zero-order valence-electron chi connectivity index (χ0n) is 8.13. The molecule has 1 aromatic rings. The monoisotopic (exact) mass is 195 g/mol. The third-order valence-corrected chi connectivity index (χ3v) is 1.80. The van der Waals surface area contributed by atoms with Crippen LogP contribution in [-0.4, -0.2) is 20.1 Å². The zero-order chi connectivity index (χ0) is 10.6. The Morgan fingerprint density at radius 3 is 2.64 bits per heavy atom. The Hall–Kier alpha value is -1.75. The number of methoxy groups -OCH3 is 1. The van der Waals surface area contributed by atoms with E-state index in [1.165, 1.54) is 7.11 Å². The molecule has 0 spiro atoms. The second-order valence-corrected chi connectivity index (χ2v) is 2.67. The fourth-order valence-electron chi connectivity index (χ4n) is 1.08. The van der Waals surface area contributed by atoms with Crippen molar-refractivity contribution in [2.24, 2.45) is 5.84 Å². The summed E-state index contributed by atoms with van der Waals surface area (Å²) >= 11 is 0. The van der Waals surface area contributed by atoms with Gasteiger partial charge >= 0.3 is 0 Å². The summed E-state index contributed by atoms with van der Waals surface area (Å²) in [6, 6.07) is 4.98. The van der Waals surface area contributed by atoms with Gasteiger partial charge in [0.15, 0.2) is 0 Å². The molecule has 0 heterocycles. The van der Waals surface area contributed by atoms with Crippen LogP contribution in [0.2, 0.25) is 0 Å². The molecule has 0 aliphatic rings. The van der Waals surface area contributed by atoms with Crippen molar-refractivity contribution >= 4 is 11.6 Å². The predicted molar refractivity (Wildman–Crippen MR) is 54.2 cm³/mol. The van der Waals surface area contributed by atoms with E-state index < -0.39 is 0 Å². The normalized spacial score (nSPS) is 9.36. The number of hydrogen-bond donors (Lipinski definition) is 3. The molecule has 0 aliphatic heterocycles. The van der Waals surface area contributed by atoms with Crippen molar-refractivity contribution in [3.63, 3.8) is 0 Å². The largest absolute Gasteiger partial charge is 0.497 e. The van der Waals surface area contributed by atoms with Gasteiger partial charge in [-0.1, -0.05) is 0 Å². The SMILES string of the molecule is CNC(=O)c1cc(NN)cc(OC)c1. The molecule has 14 heavy (non-hydrogen) atoms. The number of ether oxygens (including phenoxy) is 1. The number of amides is 1. The third kappa shape index (κ3) is 2.14. The highest BCUT2D eigenvalue weighted by molar-refractivity contribution is 5.95. The van der Waals surface area contributed by atoms with Crippen LogP contribution in [0.1, 0.15) is 10.4 Å². The van der Waals surface area contributed by atoms with Crippen molar-refractivity contribution in [3.8, 4) is 5.75 Å². The molecule has 0 fully saturated rings. The van der Waals surface area contributed by atoms with Crippen LogP contribution >= 0.6 is 0 Å². The minimum atomic E-state index is -0.180. The van der Waals surface area contributed by atoms with Crippen LogP contribution in [0.25, 0.3) is 0 Å². The summed E-state index contributed by atoms with van der Waals surface area (Å²) in [6.07, 6.45) is 0. The van der Waals surface area contributed by atoms with Gasteiger partial charge in [0.1, 0.15) is 5.75 Å². The van der Waals surface area contributed by atoms with Gasteiger partial charge in [-0.3, -0.25) is 10.6 Å². The van der Waals surface area contributed by atoms with Crippen LogP contribution in [0.3, 0.4) is 0 Å². The van der Waals surface area contributed by atoms with Crippen molar-refractivity contribution in [3.05, 3.63) is 23.8 Å². The smallest absolute Gasteiger partial charge is 0.251 e. The Kier molecular flexibility index (Phi) is 3.30. The lowest BCUT2D eigenvalue weighted by Crippen LogP contribution is -2.18. The number of nitrogens with one attached hydrogen (secondary N) is 2. The number of rotatable bonds is 3. The Balaban J connectivity index is 3.10. The fourth-order valence-corrected chi connectivity index (χ4v) is 1.08. The molecule has 1 aromatic carbocycles. The second-order valence-electron chi connectivity index (χ2n) is 2.67. The molecule has 0 saturated heterocycles. The van der Waals surface area contributed by atoms with E-state index in [-0.39, 0.29) is 5.91 Å². The molecule has 0 bridgehead atoms. The van der Waals surface area contributed by atoms with Gasteiger partial charge in [0.05, 0.1) is 12.8 Å². The second kappa shape index (κ2) is 4.48. The van der Waals surface area contributed by atoms with Crippen LogP contribution in [-0.2, 0) is 0 Å². The first-order valence-electron chi connectivity index (χ1n) is 4.09. The standard InChI is InChI=1S/C9H13N3O2/c1-11-9(13)6-3-7(12-10)5-8(4-6)14-2/h3-5,12H,10H2,1-2H3,(H,11,13). The van der Waals surface area contributed by atoms with E-state index in [2.05, 4.69) is 10.7 Å². The van der Waals surface area contributed by atoms with E-state index in [1.807, 2.05) is 0 Å². The molecule has 76 valence electrons. The third-order valence-electron chi connectivity index (χ3n) is 1.80. The summed E-state index contributed by atoms with van der Waals surface area (Å²) in [4.78, 5) is 11.3. The molecule has 1 rings (SSSR count). The van der Waals surface area contributed by atoms with Gasteiger partial charge in [-0.15, -0.1) is 0 Å². The lowest BCUT2D eigenvalue weighted by Gasteiger charge is -2.07. The lowest BCUT2D eigenvalue weighted by atomic mass is 10.2.